The van der Waals surface area contributed by atoms with E-state index in [2.05, 4.69) is 5.32 Å². The Bertz CT molecular complexity index is 693. The number of hydrogen-bond acceptors (Lipinski definition) is 4. The van der Waals surface area contributed by atoms with Crippen molar-refractivity contribution in [1.29, 1.82) is 0 Å². The smallest absolute Gasteiger partial charge is 0.255 e. The van der Waals surface area contributed by atoms with Gasteiger partial charge in [-0.3, -0.25) is 4.79 Å². The molecule has 132 valence electrons. The molecule has 1 saturated heterocycles. The highest BCUT2D eigenvalue weighted by atomic mass is 16.5. The van der Waals surface area contributed by atoms with Crippen LogP contribution in [0.15, 0.2) is 48.5 Å². The third-order valence-corrected chi connectivity index (χ3v) is 4.01. The molecule has 25 heavy (non-hydrogen) atoms. The summed E-state index contributed by atoms with van der Waals surface area (Å²) in [5.41, 5.74) is 1.22. The minimum absolute atomic E-state index is 0.134. The van der Waals surface area contributed by atoms with Crippen LogP contribution in [0.25, 0.3) is 0 Å². The first kappa shape index (κ1) is 17.3. The molecule has 1 heterocycles. The monoisotopic (exact) mass is 341 g/mol. The summed E-state index contributed by atoms with van der Waals surface area (Å²) in [5.74, 6) is 1.22. The zero-order valence-electron chi connectivity index (χ0n) is 14.4. The predicted molar refractivity (Wildman–Crippen MR) is 96.5 cm³/mol. The van der Waals surface area contributed by atoms with Crippen LogP contribution >= 0.6 is 0 Å². The molecule has 2 aromatic carbocycles. The molecule has 0 radical (unpaired) electrons. The molecule has 0 saturated carbocycles. The lowest BCUT2D eigenvalue weighted by molar-refractivity contribution is 0.0682. The first-order chi connectivity index (χ1) is 12.3. The molecular weight excluding hydrogens is 318 g/mol. The van der Waals surface area contributed by atoms with E-state index in [4.69, 9.17) is 14.2 Å². The van der Waals surface area contributed by atoms with Crippen LogP contribution in [-0.4, -0.2) is 31.8 Å². The summed E-state index contributed by atoms with van der Waals surface area (Å²) < 4.78 is 16.8. The lowest BCUT2D eigenvalue weighted by atomic mass is 10.2. The SMILES string of the molecule is CCOc1ccc(C(=O)Nc2ccccc2OCC2CCCO2)cc1. The summed E-state index contributed by atoms with van der Waals surface area (Å²) in [4.78, 5) is 12.5. The molecular formula is C20H23NO4. The first-order valence-corrected chi connectivity index (χ1v) is 8.64. The van der Waals surface area contributed by atoms with Crippen LogP contribution in [0.1, 0.15) is 30.1 Å². The number of para-hydroxylation sites is 2. The van der Waals surface area contributed by atoms with Gasteiger partial charge >= 0.3 is 0 Å². The average molecular weight is 341 g/mol. The number of amides is 1. The molecule has 3 rings (SSSR count). The van der Waals surface area contributed by atoms with Gasteiger partial charge in [-0.25, -0.2) is 0 Å². The summed E-state index contributed by atoms with van der Waals surface area (Å²) in [6.07, 6.45) is 2.22. The molecule has 1 amide bonds. The van der Waals surface area contributed by atoms with Gasteiger partial charge in [0.05, 0.1) is 18.4 Å². The number of ether oxygens (including phenoxy) is 3. The van der Waals surface area contributed by atoms with Crippen molar-refractivity contribution < 1.29 is 19.0 Å². The largest absolute Gasteiger partial charge is 0.494 e. The number of carbonyl (C=O) groups excluding carboxylic acids is 1. The van der Waals surface area contributed by atoms with E-state index >= 15 is 0 Å². The Balaban J connectivity index is 1.64. The third-order valence-electron chi connectivity index (χ3n) is 4.01. The van der Waals surface area contributed by atoms with E-state index in [-0.39, 0.29) is 12.0 Å². The molecule has 1 aliphatic heterocycles. The number of hydrogen-bond donors (Lipinski definition) is 1. The Labute approximate surface area is 147 Å². The summed E-state index contributed by atoms with van der Waals surface area (Å²) >= 11 is 0. The van der Waals surface area contributed by atoms with Crippen molar-refractivity contribution >= 4 is 11.6 Å². The van der Waals surface area contributed by atoms with Crippen molar-refractivity contribution in [2.45, 2.75) is 25.9 Å². The number of benzene rings is 2. The zero-order chi connectivity index (χ0) is 17.5. The van der Waals surface area contributed by atoms with Crippen molar-refractivity contribution in [1.82, 2.24) is 0 Å². The standard InChI is InChI=1S/C20H23NO4/c1-2-23-16-11-9-15(10-12-16)20(22)21-18-7-3-4-8-19(18)25-14-17-6-5-13-24-17/h3-4,7-12,17H,2,5-6,13-14H2,1H3,(H,21,22). The highest BCUT2D eigenvalue weighted by molar-refractivity contribution is 6.05. The van der Waals surface area contributed by atoms with E-state index in [9.17, 15) is 4.79 Å². The van der Waals surface area contributed by atoms with Gasteiger partial charge in [-0.15, -0.1) is 0 Å². The van der Waals surface area contributed by atoms with Crippen LogP contribution in [0.2, 0.25) is 0 Å². The summed E-state index contributed by atoms with van der Waals surface area (Å²) in [6, 6.07) is 14.5. The van der Waals surface area contributed by atoms with Gasteiger partial charge in [-0.05, 0) is 56.2 Å². The van der Waals surface area contributed by atoms with Gasteiger partial charge < -0.3 is 19.5 Å². The maximum Gasteiger partial charge on any atom is 0.255 e. The van der Waals surface area contributed by atoms with E-state index in [0.29, 0.717) is 30.2 Å². The highest BCUT2D eigenvalue weighted by Gasteiger charge is 2.17. The van der Waals surface area contributed by atoms with E-state index in [0.717, 1.165) is 25.2 Å². The van der Waals surface area contributed by atoms with E-state index in [1.54, 1.807) is 24.3 Å². The summed E-state index contributed by atoms with van der Waals surface area (Å²) in [6.45, 7) is 3.81. The molecule has 2 aromatic rings. The van der Waals surface area contributed by atoms with E-state index in [1.807, 2.05) is 31.2 Å². The van der Waals surface area contributed by atoms with Crippen LogP contribution in [0.3, 0.4) is 0 Å². The van der Waals surface area contributed by atoms with Crippen molar-refractivity contribution in [3.8, 4) is 11.5 Å². The Hall–Kier alpha value is -2.53. The predicted octanol–water partition coefficient (Wildman–Crippen LogP) is 3.90. The van der Waals surface area contributed by atoms with Crippen LogP contribution in [-0.2, 0) is 4.74 Å². The van der Waals surface area contributed by atoms with Gasteiger partial charge in [0.2, 0.25) is 0 Å². The van der Waals surface area contributed by atoms with Crippen molar-refractivity contribution in [3.63, 3.8) is 0 Å². The molecule has 0 bridgehead atoms. The Kier molecular flexibility index (Phi) is 5.90. The molecule has 1 atom stereocenters. The maximum absolute atomic E-state index is 12.5. The maximum atomic E-state index is 12.5. The summed E-state index contributed by atoms with van der Waals surface area (Å²) in [5, 5.41) is 2.91. The number of nitrogens with one attached hydrogen (secondary N) is 1. The van der Waals surface area contributed by atoms with Crippen LogP contribution < -0.4 is 14.8 Å². The first-order valence-electron chi connectivity index (χ1n) is 8.64. The van der Waals surface area contributed by atoms with Crippen LogP contribution in [0.4, 0.5) is 5.69 Å². The molecule has 0 spiro atoms. The minimum atomic E-state index is -0.184. The molecule has 5 heteroatoms. The van der Waals surface area contributed by atoms with E-state index < -0.39 is 0 Å². The van der Waals surface area contributed by atoms with Gasteiger partial charge in [0, 0.05) is 12.2 Å². The van der Waals surface area contributed by atoms with E-state index in [1.165, 1.54) is 0 Å². The fraction of sp³-hybridized carbons (Fsp3) is 0.350. The number of rotatable bonds is 7. The lowest BCUT2D eigenvalue weighted by Gasteiger charge is -2.15. The molecule has 0 aromatic heterocycles. The van der Waals surface area contributed by atoms with Crippen molar-refractivity contribution in [3.05, 3.63) is 54.1 Å². The normalized spacial score (nSPS) is 16.4. The second-order valence-electron chi connectivity index (χ2n) is 5.85. The molecule has 1 unspecified atom stereocenters. The number of carbonyl (C=O) groups is 1. The van der Waals surface area contributed by atoms with Crippen molar-refractivity contribution in [2.75, 3.05) is 25.1 Å². The van der Waals surface area contributed by atoms with Crippen LogP contribution in [0.5, 0.6) is 11.5 Å². The molecule has 1 aliphatic rings. The Morgan fingerprint density at radius 1 is 1.16 bits per heavy atom. The zero-order valence-corrected chi connectivity index (χ0v) is 14.4. The molecule has 1 fully saturated rings. The molecule has 0 aliphatic carbocycles. The molecule has 5 nitrogen and oxygen atoms in total. The van der Waals surface area contributed by atoms with Gasteiger partial charge in [-0.1, -0.05) is 12.1 Å². The fourth-order valence-electron chi connectivity index (χ4n) is 2.72. The highest BCUT2D eigenvalue weighted by Crippen LogP contribution is 2.26. The van der Waals surface area contributed by atoms with Gasteiger partial charge in [0.25, 0.3) is 5.91 Å². The third kappa shape index (κ3) is 4.73. The summed E-state index contributed by atoms with van der Waals surface area (Å²) in [7, 11) is 0. The Morgan fingerprint density at radius 2 is 1.96 bits per heavy atom. The van der Waals surface area contributed by atoms with Gasteiger partial charge in [0.1, 0.15) is 18.1 Å². The second-order valence-corrected chi connectivity index (χ2v) is 5.85. The molecule has 1 N–H and O–H groups in total. The van der Waals surface area contributed by atoms with Crippen LogP contribution in [0, 0.1) is 0 Å². The lowest BCUT2D eigenvalue weighted by Crippen LogP contribution is -2.18. The average Bonchev–Trinajstić information content (AvgIpc) is 3.15. The minimum Gasteiger partial charge on any atom is -0.494 e. The number of anilines is 1. The quantitative estimate of drug-likeness (QED) is 0.830. The fourth-order valence-corrected chi connectivity index (χ4v) is 2.72. The van der Waals surface area contributed by atoms with Crippen molar-refractivity contribution in [2.24, 2.45) is 0 Å². The van der Waals surface area contributed by atoms with Gasteiger partial charge in [-0.2, -0.15) is 0 Å². The topological polar surface area (TPSA) is 56.8 Å². The Morgan fingerprint density at radius 3 is 2.68 bits per heavy atom. The second kappa shape index (κ2) is 8.53. The van der Waals surface area contributed by atoms with Gasteiger partial charge in [0.15, 0.2) is 0 Å².